The number of hydrogen-bond acceptors (Lipinski definition) is 3. The highest BCUT2D eigenvalue weighted by molar-refractivity contribution is 5.89. The molecule has 0 saturated heterocycles. The summed E-state index contributed by atoms with van der Waals surface area (Å²) < 4.78 is 5.13. The first-order chi connectivity index (χ1) is 11.6. The van der Waals surface area contributed by atoms with E-state index in [9.17, 15) is 4.79 Å². The zero-order valence-electron chi connectivity index (χ0n) is 14.1. The van der Waals surface area contributed by atoms with Crippen LogP contribution in [0.3, 0.4) is 0 Å². The lowest BCUT2D eigenvalue weighted by atomic mass is 10.0. The van der Waals surface area contributed by atoms with Crippen LogP contribution in [0.4, 0.5) is 0 Å². The molecule has 1 N–H and O–H groups in total. The Morgan fingerprint density at radius 3 is 2.12 bits per heavy atom. The van der Waals surface area contributed by atoms with Crippen LogP contribution in [0.1, 0.15) is 31.7 Å². The van der Waals surface area contributed by atoms with Crippen molar-refractivity contribution in [1.82, 2.24) is 0 Å². The van der Waals surface area contributed by atoms with Crippen LogP contribution in [0.5, 0.6) is 5.75 Å². The van der Waals surface area contributed by atoms with Gasteiger partial charge in [-0.3, -0.25) is 0 Å². The van der Waals surface area contributed by atoms with Gasteiger partial charge < -0.3 is 9.84 Å². The Kier molecular flexibility index (Phi) is 6.76. The van der Waals surface area contributed by atoms with E-state index in [2.05, 4.69) is 37.8 Å². The minimum atomic E-state index is -0.610. The predicted octanol–water partition coefficient (Wildman–Crippen LogP) is 4.54. The summed E-state index contributed by atoms with van der Waals surface area (Å²) in [5.41, 5.74) is 3.60. The second-order valence-electron chi connectivity index (χ2n) is 5.83. The topological polar surface area (TPSA) is 46.5 Å². The lowest BCUT2D eigenvalue weighted by Crippen LogP contribution is -2.12. The summed E-state index contributed by atoms with van der Waals surface area (Å²) in [5.74, 6) is -0.170. The van der Waals surface area contributed by atoms with Crippen molar-refractivity contribution in [3.8, 4) is 16.9 Å². The van der Waals surface area contributed by atoms with Crippen molar-refractivity contribution >= 4 is 5.97 Å². The van der Waals surface area contributed by atoms with Crippen LogP contribution in [-0.4, -0.2) is 17.7 Å². The molecule has 0 radical (unpaired) electrons. The van der Waals surface area contributed by atoms with Gasteiger partial charge >= 0.3 is 5.97 Å². The van der Waals surface area contributed by atoms with Crippen molar-refractivity contribution in [2.24, 2.45) is 0 Å². The number of unbranched alkanes of at least 4 members (excludes halogenated alkanes) is 2. The van der Waals surface area contributed by atoms with Crippen molar-refractivity contribution in [2.75, 3.05) is 6.61 Å². The third-order valence-corrected chi connectivity index (χ3v) is 3.90. The van der Waals surface area contributed by atoms with Gasteiger partial charge in [0.25, 0.3) is 0 Å². The van der Waals surface area contributed by atoms with Crippen molar-refractivity contribution in [1.29, 1.82) is 0 Å². The molecule has 3 nitrogen and oxygen atoms in total. The SMILES string of the molecule is C=C(CO)C(=O)Oc1ccc(-c2ccc(CCCCC)cc2)cc1. The van der Waals surface area contributed by atoms with Crippen molar-refractivity contribution in [3.05, 3.63) is 66.2 Å². The highest BCUT2D eigenvalue weighted by Gasteiger charge is 2.08. The first-order valence-corrected chi connectivity index (χ1v) is 8.34. The molecular formula is C21H24O3. The number of aryl methyl sites for hydroxylation is 1. The first-order valence-electron chi connectivity index (χ1n) is 8.34. The largest absolute Gasteiger partial charge is 0.423 e. The number of hydrogen-bond donors (Lipinski definition) is 1. The summed E-state index contributed by atoms with van der Waals surface area (Å²) in [4.78, 5) is 11.6. The minimum absolute atomic E-state index is 0.0396. The maximum atomic E-state index is 11.6. The molecule has 0 bridgehead atoms. The molecule has 3 heteroatoms. The fourth-order valence-corrected chi connectivity index (χ4v) is 2.40. The maximum Gasteiger partial charge on any atom is 0.341 e. The van der Waals surface area contributed by atoms with E-state index < -0.39 is 12.6 Å². The van der Waals surface area contributed by atoms with Gasteiger partial charge in [-0.2, -0.15) is 0 Å². The standard InChI is InChI=1S/C21H24O3/c1-3-4-5-6-17-7-9-18(10-8-17)19-11-13-20(14-12-19)24-21(23)16(2)15-22/h7-14,22H,2-6,15H2,1H3. The quantitative estimate of drug-likeness (QED) is 0.335. The molecular weight excluding hydrogens is 300 g/mol. The van der Waals surface area contributed by atoms with Crippen LogP contribution in [0.25, 0.3) is 11.1 Å². The number of ether oxygens (including phenoxy) is 1. The van der Waals surface area contributed by atoms with Crippen molar-refractivity contribution < 1.29 is 14.6 Å². The van der Waals surface area contributed by atoms with Gasteiger partial charge in [0, 0.05) is 0 Å². The molecule has 2 aromatic carbocycles. The number of benzene rings is 2. The van der Waals surface area contributed by atoms with Gasteiger partial charge in [0.05, 0.1) is 12.2 Å². The van der Waals surface area contributed by atoms with E-state index in [0.29, 0.717) is 5.75 Å². The van der Waals surface area contributed by atoms with E-state index in [4.69, 9.17) is 9.84 Å². The number of aliphatic hydroxyl groups is 1. The van der Waals surface area contributed by atoms with E-state index in [1.807, 2.05) is 12.1 Å². The molecule has 0 aliphatic heterocycles. The van der Waals surface area contributed by atoms with Crippen LogP contribution in [-0.2, 0) is 11.2 Å². The van der Waals surface area contributed by atoms with Crippen LogP contribution in [0, 0.1) is 0 Å². The minimum Gasteiger partial charge on any atom is -0.423 e. The second-order valence-corrected chi connectivity index (χ2v) is 5.83. The van der Waals surface area contributed by atoms with Crippen LogP contribution < -0.4 is 4.74 Å². The summed E-state index contributed by atoms with van der Waals surface area (Å²) in [5, 5.41) is 8.87. The normalized spacial score (nSPS) is 10.4. The van der Waals surface area contributed by atoms with Gasteiger partial charge in [-0.15, -0.1) is 0 Å². The zero-order valence-corrected chi connectivity index (χ0v) is 14.1. The molecule has 126 valence electrons. The third-order valence-electron chi connectivity index (χ3n) is 3.90. The van der Waals surface area contributed by atoms with Gasteiger partial charge in [-0.1, -0.05) is 62.7 Å². The molecule has 2 aromatic rings. The van der Waals surface area contributed by atoms with E-state index in [0.717, 1.165) is 17.5 Å². The highest BCUT2D eigenvalue weighted by atomic mass is 16.5. The molecule has 0 spiro atoms. The molecule has 0 heterocycles. The molecule has 0 aliphatic rings. The zero-order chi connectivity index (χ0) is 17.4. The average Bonchev–Trinajstić information content (AvgIpc) is 2.62. The molecule has 0 aromatic heterocycles. The Hall–Kier alpha value is -2.39. The Balaban J connectivity index is 2.00. The average molecular weight is 324 g/mol. The first kappa shape index (κ1) is 18.0. The lowest BCUT2D eigenvalue weighted by Gasteiger charge is -2.07. The molecule has 0 unspecified atom stereocenters. The Morgan fingerprint density at radius 1 is 1.00 bits per heavy atom. The van der Waals surface area contributed by atoms with Crippen LogP contribution in [0.2, 0.25) is 0 Å². The fraction of sp³-hybridized carbons (Fsp3) is 0.286. The molecule has 0 aliphatic carbocycles. The Morgan fingerprint density at radius 2 is 1.58 bits per heavy atom. The van der Waals surface area contributed by atoms with Crippen molar-refractivity contribution in [2.45, 2.75) is 32.6 Å². The van der Waals surface area contributed by atoms with E-state index in [1.54, 1.807) is 12.1 Å². The summed E-state index contributed by atoms with van der Waals surface area (Å²) in [7, 11) is 0. The number of rotatable bonds is 8. The highest BCUT2D eigenvalue weighted by Crippen LogP contribution is 2.23. The van der Waals surface area contributed by atoms with Crippen LogP contribution in [0.15, 0.2) is 60.7 Å². The predicted molar refractivity (Wildman–Crippen MR) is 97.0 cm³/mol. The summed E-state index contributed by atoms with van der Waals surface area (Å²) >= 11 is 0. The van der Waals surface area contributed by atoms with Crippen molar-refractivity contribution in [3.63, 3.8) is 0 Å². The summed E-state index contributed by atoms with van der Waals surface area (Å²) in [6, 6.07) is 15.9. The summed E-state index contributed by atoms with van der Waals surface area (Å²) in [6.07, 6.45) is 4.86. The van der Waals surface area contributed by atoms with E-state index >= 15 is 0 Å². The van der Waals surface area contributed by atoms with E-state index in [-0.39, 0.29) is 5.57 Å². The number of carbonyl (C=O) groups excluding carboxylic acids is 1. The molecule has 0 fully saturated rings. The van der Waals surface area contributed by atoms with Gasteiger partial charge in [-0.25, -0.2) is 4.79 Å². The molecule has 24 heavy (non-hydrogen) atoms. The lowest BCUT2D eigenvalue weighted by molar-refractivity contribution is -0.130. The second kappa shape index (κ2) is 9.04. The third kappa shape index (κ3) is 5.07. The maximum absolute atomic E-state index is 11.6. The molecule has 0 atom stereocenters. The monoisotopic (exact) mass is 324 g/mol. The summed E-state index contributed by atoms with van der Waals surface area (Å²) in [6.45, 7) is 5.26. The van der Waals surface area contributed by atoms with E-state index in [1.165, 1.54) is 24.8 Å². The Labute approximate surface area is 143 Å². The smallest absolute Gasteiger partial charge is 0.341 e. The van der Waals surface area contributed by atoms with Crippen LogP contribution >= 0.6 is 0 Å². The number of carbonyl (C=O) groups is 1. The molecule has 2 rings (SSSR count). The molecule has 0 saturated carbocycles. The number of esters is 1. The van der Waals surface area contributed by atoms with Gasteiger partial charge in [0.2, 0.25) is 0 Å². The number of aliphatic hydroxyl groups excluding tert-OH is 1. The molecule has 0 amide bonds. The van der Waals surface area contributed by atoms with Gasteiger partial charge in [0.15, 0.2) is 0 Å². The van der Waals surface area contributed by atoms with Gasteiger partial charge in [-0.05, 0) is 41.7 Å². The fourth-order valence-electron chi connectivity index (χ4n) is 2.40. The Bertz CT molecular complexity index is 669. The van der Waals surface area contributed by atoms with Gasteiger partial charge in [0.1, 0.15) is 5.75 Å².